The van der Waals surface area contributed by atoms with Crippen molar-refractivity contribution in [1.82, 2.24) is 45.1 Å². The molecule has 0 radical (unpaired) electrons. The number of likely N-dealkylation sites (tertiary alicyclic amines) is 1. The van der Waals surface area contributed by atoms with Gasteiger partial charge in [0.05, 0.1) is 53.1 Å². The number of nitrogens with one attached hydrogen (secondary N) is 2. The molecule has 0 bridgehead atoms. The normalized spacial score (nSPS) is 17.3. The topological polar surface area (TPSA) is 182 Å². The van der Waals surface area contributed by atoms with Gasteiger partial charge in [0, 0.05) is 51.8 Å². The van der Waals surface area contributed by atoms with Crippen LogP contribution in [0.1, 0.15) is 96.2 Å². The third kappa shape index (κ3) is 10.3. The van der Waals surface area contributed by atoms with Crippen LogP contribution in [0.2, 0.25) is 5.02 Å². The summed E-state index contributed by atoms with van der Waals surface area (Å²) in [4.78, 5) is 55.0. The number of ether oxygens (including phenoxy) is 1. The van der Waals surface area contributed by atoms with Crippen LogP contribution in [0.25, 0.3) is 26.6 Å². The number of thiophene rings is 1. The number of aliphatic hydroxyl groups is 1. The van der Waals surface area contributed by atoms with E-state index in [0.29, 0.717) is 27.8 Å². The fourth-order valence-electron chi connectivity index (χ4n) is 9.27. The molecular formula is C52H54ClFN10O5S2. The number of aromatic nitrogens is 6. The quantitative estimate of drug-likeness (QED) is 0.0846. The number of hydrogen-bond acceptors (Lipinski definition) is 12. The van der Waals surface area contributed by atoms with E-state index in [4.69, 9.17) is 21.3 Å². The highest BCUT2D eigenvalue weighted by atomic mass is 35.5. The van der Waals surface area contributed by atoms with E-state index >= 15 is 4.39 Å². The van der Waals surface area contributed by atoms with Gasteiger partial charge < -0.3 is 25.4 Å². The molecule has 9 rings (SSSR count). The monoisotopic (exact) mass is 1020 g/mol. The Balaban J connectivity index is 0.837. The summed E-state index contributed by atoms with van der Waals surface area (Å²) in [6.45, 7) is 13.8. The number of nitrogens with zero attached hydrogens (tertiary/aromatic N) is 8. The number of halogens is 2. The molecule has 1 fully saturated rings. The summed E-state index contributed by atoms with van der Waals surface area (Å²) in [5.74, 6) is -0.323. The van der Waals surface area contributed by atoms with E-state index < -0.39 is 30.0 Å². The Kier molecular flexibility index (Phi) is 14.3. The molecule has 3 amide bonds. The lowest BCUT2D eigenvalue weighted by atomic mass is 9.99. The summed E-state index contributed by atoms with van der Waals surface area (Å²) >= 11 is 9.46. The molecule has 0 saturated carbocycles. The third-order valence-corrected chi connectivity index (χ3v) is 15.5. The van der Waals surface area contributed by atoms with Gasteiger partial charge in [-0.1, -0.05) is 61.8 Å². The smallest absolute Gasteiger partial charge is 0.248 e. The Morgan fingerprint density at radius 3 is 2.42 bits per heavy atom. The Hall–Kier alpha value is -6.60. The van der Waals surface area contributed by atoms with Gasteiger partial charge in [-0.3, -0.25) is 28.6 Å². The van der Waals surface area contributed by atoms with Crippen LogP contribution in [0.3, 0.4) is 0 Å². The van der Waals surface area contributed by atoms with Gasteiger partial charge in [0.15, 0.2) is 5.82 Å². The maximum absolute atomic E-state index is 15.2. The fraction of sp³-hybridized carbons (Fsp3) is 0.346. The molecule has 71 heavy (non-hydrogen) atoms. The van der Waals surface area contributed by atoms with Crippen LogP contribution in [-0.2, 0) is 14.4 Å². The largest absolute Gasteiger partial charge is 0.492 e. The van der Waals surface area contributed by atoms with Crippen LogP contribution >= 0.6 is 34.3 Å². The number of carbonyl (C=O) groups is 3. The van der Waals surface area contributed by atoms with Crippen LogP contribution < -0.4 is 15.4 Å². The number of rotatable bonds is 15. The zero-order valence-electron chi connectivity index (χ0n) is 40.3. The summed E-state index contributed by atoms with van der Waals surface area (Å²) in [7, 11) is 0. The van der Waals surface area contributed by atoms with Gasteiger partial charge in [0.25, 0.3) is 0 Å². The van der Waals surface area contributed by atoms with E-state index in [0.717, 1.165) is 54.0 Å². The summed E-state index contributed by atoms with van der Waals surface area (Å²) in [5.41, 5.74) is 9.38. The van der Waals surface area contributed by atoms with Crippen molar-refractivity contribution < 1.29 is 28.6 Å². The second-order valence-corrected chi connectivity index (χ2v) is 20.9. The number of β-amino-alcohol motifs (C(OH)–C–C–N with tert-alkyl or cyclic N) is 1. The first-order valence-corrected chi connectivity index (χ1v) is 25.5. The van der Waals surface area contributed by atoms with Crippen LogP contribution in [-0.4, -0.2) is 94.8 Å². The number of carbonyl (C=O) groups excluding carboxylic acids is 3. The van der Waals surface area contributed by atoms with Crippen molar-refractivity contribution in [3.05, 3.63) is 140 Å². The second kappa shape index (κ2) is 20.6. The second-order valence-electron chi connectivity index (χ2n) is 18.4. The number of aliphatic imine (C=N–C) groups is 1. The molecule has 1 saturated heterocycles. The minimum Gasteiger partial charge on any atom is -0.492 e. The van der Waals surface area contributed by atoms with Crippen LogP contribution in [0, 0.1) is 39.4 Å². The van der Waals surface area contributed by atoms with Crippen molar-refractivity contribution in [3.63, 3.8) is 0 Å². The van der Waals surface area contributed by atoms with Crippen LogP contribution in [0.4, 0.5) is 4.39 Å². The zero-order valence-corrected chi connectivity index (χ0v) is 42.7. The minimum absolute atomic E-state index is 0.00536. The summed E-state index contributed by atoms with van der Waals surface area (Å²) in [5, 5.41) is 31.7. The number of aliphatic hydroxyl groups excluding tert-OH is 1. The predicted octanol–water partition coefficient (Wildman–Crippen LogP) is 8.86. The van der Waals surface area contributed by atoms with Gasteiger partial charge in [-0.15, -0.1) is 32.9 Å². The van der Waals surface area contributed by atoms with Crippen molar-refractivity contribution in [2.45, 2.75) is 91.6 Å². The lowest BCUT2D eigenvalue weighted by Crippen LogP contribution is -2.49. The van der Waals surface area contributed by atoms with E-state index in [1.807, 2.05) is 93.2 Å². The van der Waals surface area contributed by atoms with Crippen LogP contribution in [0.15, 0.2) is 89.6 Å². The number of hydrogen-bond donors (Lipinski definition) is 3. The van der Waals surface area contributed by atoms with Gasteiger partial charge in [-0.05, 0) is 87.1 Å². The van der Waals surface area contributed by atoms with Crippen molar-refractivity contribution in [2.24, 2.45) is 10.9 Å². The van der Waals surface area contributed by atoms with E-state index in [2.05, 4.69) is 44.8 Å². The molecule has 3 N–H and O–H groups in total. The predicted molar refractivity (Wildman–Crippen MR) is 273 cm³/mol. The summed E-state index contributed by atoms with van der Waals surface area (Å²) in [6, 6.07) is 17.0. The molecule has 0 aliphatic carbocycles. The molecule has 7 aromatic rings. The molecule has 19 heteroatoms. The molecule has 5 atom stereocenters. The summed E-state index contributed by atoms with van der Waals surface area (Å²) in [6.07, 6.45) is 2.42. The first-order valence-electron chi connectivity index (χ1n) is 23.4. The highest BCUT2D eigenvalue weighted by molar-refractivity contribution is 7.15. The summed E-state index contributed by atoms with van der Waals surface area (Å²) < 4.78 is 24.7. The standard InChI is InChI=1S/C52H54ClFN10O5S2/c1-27(2)47(51(68)62-25-40(65)21-43(62)50(67)58-29(4)33-8-10-35(11-9-33)48-30(5)56-26-70-48)63-24-37(23-57-63)36-18-39(54)20-41(19-36)69-17-16-55-44(66)22-42-49-61-60-32(7)64(49)52-45(28(3)31(6)71-52)46(59-42)34-12-14-38(53)15-13-34/h8-15,18-20,23-24,26-27,29,40,42-43,47,65H,16-17,21-22,25H2,1-7H3,(H,55,66)(H,58,67)/t29-,40+,42-,43-,47?/m0/s1. The molecule has 3 aromatic carbocycles. The molecular weight excluding hydrogens is 963 g/mol. The van der Waals surface area contributed by atoms with E-state index in [1.54, 1.807) is 41.1 Å². The maximum atomic E-state index is 15.2. The van der Waals surface area contributed by atoms with Gasteiger partial charge in [0.2, 0.25) is 17.7 Å². The maximum Gasteiger partial charge on any atom is 0.248 e. The zero-order chi connectivity index (χ0) is 50.2. The number of amides is 3. The van der Waals surface area contributed by atoms with Crippen molar-refractivity contribution in [1.29, 1.82) is 0 Å². The molecule has 1 unspecified atom stereocenters. The first-order chi connectivity index (χ1) is 34.0. The lowest BCUT2D eigenvalue weighted by Gasteiger charge is -2.30. The molecule has 4 aromatic heterocycles. The number of fused-ring (bicyclic) bond motifs is 3. The van der Waals surface area contributed by atoms with E-state index in [-0.39, 0.29) is 68.0 Å². The number of thiazole rings is 1. The van der Waals surface area contributed by atoms with E-state index in [9.17, 15) is 19.5 Å². The molecule has 0 spiro atoms. The van der Waals surface area contributed by atoms with Crippen molar-refractivity contribution in [2.75, 3.05) is 19.7 Å². The van der Waals surface area contributed by atoms with Crippen molar-refractivity contribution >= 4 is 57.7 Å². The minimum atomic E-state index is -0.893. The molecule has 15 nitrogen and oxygen atoms in total. The van der Waals surface area contributed by atoms with Crippen molar-refractivity contribution in [3.8, 4) is 32.3 Å². The Morgan fingerprint density at radius 2 is 1.70 bits per heavy atom. The van der Waals surface area contributed by atoms with Gasteiger partial charge >= 0.3 is 0 Å². The number of benzene rings is 3. The van der Waals surface area contributed by atoms with E-state index in [1.165, 1.54) is 21.7 Å². The molecule has 2 aliphatic heterocycles. The SMILES string of the molecule is Cc1ncsc1-c1ccc([C@H](C)NC(=O)[C@@H]2C[C@@H](O)CN2C(=O)C(C(C)C)n2cc(-c3cc(F)cc(OCCNC(=O)C[C@@H]4N=C(c5ccc(Cl)cc5)c5c(sc(C)c5C)-n5c(C)nnc54)c3)cn2)cc1. The molecule has 6 heterocycles. The van der Waals surface area contributed by atoms with Gasteiger partial charge in [0.1, 0.15) is 47.1 Å². The molecule has 2 aliphatic rings. The highest BCUT2D eigenvalue weighted by Gasteiger charge is 2.43. The Bertz CT molecular complexity index is 3140. The first kappa shape index (κ1) is 49.4. The fourth-order valence-corrected chi connectivity index (χ4v) is 11.4. The van der Waals surface area contributed by atoms with Crippen LogP contribution in [0.5, 0.6) is 5.75 Å². The number of aryl methyl sites for hydroxylation is 3. The average molecular weight is 1020 g/mol. The van der Waals surface area contributed by atoms with Gasteiger partial charge in [-0.25, -0.2) is 9.37 Å². The highest BCUT2D eigenvalue weighted by Crippen LogP contribution is 2.40. The van der Waals surface area contributed by atoms with Gasteiger partial charge in [-0.2, -0.15) is 5.10 Å². The molecule has 368 valence electrons. The lowest BCUT2D eigenvalue weighted by molar-refractivity contribution is -0.142. The average Bonchev–Trinajstić information content (AvgIpc) is 4.19. The third-order valence-electron chi connectivity index (χ3n) is 13.0. The Labute approximate surface area is 423 Å². The Morgan fingerprint density at radius 1 is 0.958 bits per heavy atom.